The average Bonchev–Trinajstić information content (AvgIpc) is 2.76. The zero-order valence-corrected chi connectivity index (χ0v) is 18.5. The highest BCUT2D eigenvalue weighted by Gasteiger charge is 2.00. The summed E-state index contributed by atoms with van der Waals surface area (Å²) in [4.78, 5) is 18.2. The van der Waals surface area contributed by atoms with Crippen LogP contribution in [-0.4, -0.2) is 33.3 Å². The van der Waals surface area contributed by atoms with Crippen LogP contribution in [0.5, 0.6) is 11.5 Å². The molecular weight excluding hydrogens is 380 g/mol. The number of hydrogen-bond acceptors (Lipinski definition) is 5. The maximum absolute atomic E-state index is 9.82. The molecule has 1 aromatic carbocycles. The Morgan fingerprint density at radius 3 is 2.13 bits per heavy atom. The molecule has 0 aliphatic carbocycles. The number of aromatic nitrogens is 2. The Morgan fingerprint density at radius 1 is 1.10 bits per heavy atom. The number of methoxy groups -OCH3 is 1. The van der Waals surface area contributed by atoms with Gasteiger partial charge in [0.15, 0.2) is 11.5 Å². The van der Waals surface area contributed by atoms with Crippen molar-refractivity contribution in [3.63, 3.8) is 0 Å². The van der Waals surface area contributed by atoms with Gasteiger partial charge in [-0.3, -0.25) is 14.8 Å². The zero-order chi connectivity index (χ0) is 22.8. The van der Waals surface area contributed by atoms with Gasteiger partial charge in [0.2, 0.25) is 0 Å². The number of phenols is 1. The molecule has 0 radical (unpaired) electrons. The maximum atomic E-state index is 9.82. The third kappa shape index (κ3) is 11.6. The Balaban J connectivity index is 0.000000431. The number of allylic oxidation sites excluding steroid dienone is 2. The number of aliphatic carboxylic acids is 1. The van der Waals surface area contributed by atoms with Gasteiger partial charge in [0.05, 0.1) is 24.9 Å². The van der Waals surface area contributed by atoms with Crippen LogP contribution in [0.25, 0.3) is 0 Å². The van der Waals surface area contributed by atoms with Crippen LogP contribution in [0.2, 0.25) is 0 Å². The molecule has 1 aromatic heterocycles. The van der Waals surface area contributed by atoms with E-state index in [0.717, 1.165) is 42.6 Å². The molecule has 0 aliphatic heterocycles. The lowest BCUT2D eigenvalue weighted by atomic mass is 10.1. The smallest absolute Gasteiger partial charge is 0.307 e. The molecule has 164 valence electrons. The summed E-state index contributed by atoms with van der Waals surface area (Å²) in [5, 5.41) is 17.3. The second-order valence-corrected chi connectivity index (χ2v) is 6.13. The van der Waals surface area contributed by atoms with Crippen molar-refractivity contribution in [1.82, 2.24) is 9.97 Å². The van der Waals surface area contributed by atoms with Crippen LogP contribution >= 0.6 is 0 Å². The second-order valence-electron chi connectivity index (χ2n) is 6.13. The molecule has 0 spiro atoms. The summed E-state index contributed by atoms with van der Waals surface area (Å²) >= 11 is 0. The fourth-order valence-electron chi connectivity index (χ4n) is 2.35. The molecule has 0 saturated heterocycles. The highest BCUT2D eigenvalue weighted by atomic mass is 16.5. The second kappa shape index (κ2) is 16.8. The molecule has 0 saturated carbocycles. The molecule has 0 fully saturated rings. The van der Waals surface area contributed by atoms with E-state index in [9.17, 15) is 9.90 Å². The Kier molecular flexibility index (Phi) is 15.0. The lowest BCUT2D eigenvalue weighted by Gasteiger charge is -2.04. The monoisotopic (exact) mass is 414 g/mol. The predicted octanol–water partition coefficient (Wildman–Crippen LogP) is 5.16. The van der Waals surface area contributed by atoms with Crippen molar-refractivity contribution >= 4 is 5.97 Å². The molecule has 0 unspecified atom stereocenters. The first-order valence-corrected chi connectivity index (χ1v) is 10.1. The van der Waals surface area contributed by atoms with Crippen molar-refractivity contribution in [2.45, 2.75) is 52.9 Å². The van der Waals surface area contributed by atoms with Gasteiger partial charge >= 0.3 is 5.97 Å². The van der Waals surface area contributed by atoms with Crippen molar-refractivity contribution in [1.29, 1.82) is 0 Å². The van der Waals surface area contributed by atoms with Gasteiger partial charge in [-0.2, -0.15) is 0 Å². The van der Waals surface area contributed by atoms with E-state index in [1.54, 1.807) is 30.6 Å². The van der Waals surface area contributed by atoms with E-state index in [-0.39, 0.29) is 12.2 Å². The molecular formula is C24H34N2O4. The van der Waals surface area contributed by atoms with Gasteiger partial charge in [-0.15, -0.1) is 6.58 Å². The number of hydrogen-bond donors (Lipinski definition) is 2. The normalized spacial score (nSPS) is 9.73. The summed E-state index contributed by atoms with van der Waals surface area (Å²) in [5.41, 5.74) is 3.34. The van der Waals surface area contributed by atoms with E-state index in [4.69, 9.17) is 9.84 Å². The SMILES string of the molecule is C=CCc1ccc(O)c(OC)c1.CCC=CCC(=O)O.CCc1nccnc1CC. The molecule has 0 aliphatic rings. The molecule has 0 atom stereocenters. The molecule has 6 nitrogen and oxygen atoms in total. The quantitative estimate of drug-likeness (QED) is 0.580. The zero-order valence-electron chi connectivity index (χ0n) is 18.5. The number of carboxylic acids is 1. The number of carboxylic acid groups (broad SMARTS) is 1. The Morgan fingerprint density at radius 2 is 1.70 bits per heavy atom. The highest BCUT2D eigenvalue weighted by Crippen LogP contribution is 2.26. The number of aromatic hydroxyl groups is 1. The van der Waals surface area contributed by atoms with E-state index >= 15 is 0 Å². The first-order valence-electron chi connectivity index (χ1n) is 10.1. The van der Waals surface area contributed by atoms with Crippen molar-refractivity contribution in [3.05, 3.63) is 72.4 Å². The van der Waals surface area contributed by atoms with Gasteiger partial charge in [0, 0.05) is 12.4 Å². The third-order valence-electron chi connectivity index (χ3n) is 3.85. The van der Waals surface area contributed by atoms with Crippen LogP contribution in [0.4, 0.5) is 0 Å². The number of benzene rings is 1. The molecule has 2 N–H and O–H groups in total. The molecule has 6 heteroatoms. The van der Waals surface area contributed by atoms with E-state index in [0.29, 0.717) is 5.75 Å². The minimum absolute atomic E-state index is 0.147. The van der Waals surface area contributed by atoms with Crippen LogP contribution in [-0.2, 0) is 24.1 Å². The van der Waals surface area contributed by atoms with Gasteiger partial charge in [-0.25, -0.2) is 0 Å². The molecule has 2 aromatic rings. The summed E-state index contributed by atoms with van der Waals surface area (Å²) in [6.07, 6.45) is 12.6. The topological polar surface area (TPSA) is 92.5 Å². The highest BCUT2D eigenvalue weighted by molar-refractivity contribution is 5.68. The fraction of sp³-hybridized carbons (Fsp3) is 0.375. The van der Waals surface area contributed by atoms with Crippen molar-refractivity contribution in [2.75, 3.05) is 7.11 Å². The van der Waals surface area contributed by atoms with Crippen LogP contribution in [0.15, 0.2) is 55.4 Å². The van der Waals surface area contributed by atoms with Gasteiger partial charge in [0.25, 0.3) is 0 Å². The van der Waals surface area contributed by atoms with E-state index in [1.807, 2.05) is 25.1 Å². The van der Waals surface area contributed by atoms with E-state index < -0.39 is 5.97 Å². The summed E-state index contributed by atoms with van der Waals surface area (Å²) in [5.74, 6) is -0.0886. The van der Waals surface area contributed by atoms with E-state index in [2.05, 4.69) is 30.4 Å². The molecule has 2 rings (SSSR count). The first-order chi connectivity index (χ1) is 14.4. The molecule has 1 heterocycles. The Bertz CT molecular complexity index is 766. The number of nitrogens with zero attached hydrogens (tertiary/aromatic N) is 2. The van der Waals surface area contributed by atoms with Crippen LogP contribution < -0.4 is 4.74 Å². The van der Waals surface area contributed by atoms with Gasteiger partial charge in [0.1, 0.15) is 0 Å². The minimum Gasteiger partial charge on any atom is -0.504 e. The average molecular weight is 415 g/mol. The predicted molar refractivity (Wildman–Crippen MR) is 121 cm³/mol. The van der Waals surface area contributed by atoms with Crippen LogP contribution in [0.3, 0.4) is 0 Å². The lowest BCUT2D eigenvalue weighted by Crippen LogP contribution is -1.96. The Hall–Kier alpha value is -3.15. The lowest BCUT2D eigenvalue weighted by molar-refractivity contribution is -0.136. The van der Waals surface area contributed by atoms with Gasteiger partial charge in [-0.1, -0.05) is 45.1 Å². The summed E-state index contributed by atoms with van der Waals surface area (Å²) < 4.78 is 4.95. The number of rotatable bonds is 8. The summed E-state index contributed by atoms with van der Waals surface area (Å²) in [7, 11) is 1.53. The standard InChI is InChI=1S/C10H12O2.C8H12N2.C6H10O2/c1-3-4-8-5-6-9(11)10(7-8)12-2;1-3-7-8(4-2)10-6-5-9-7;1-2-3-4-5-6(7)8/h3,5-7,11H,1,4H2,2H3;5-6H,3-4H2,1-2H3;3-4H,2,5H2,1H3,(H,7,8). The Labute approximate surface area is 180 Å². The third-order valence-corrected chi connectivity index (χ3v) is 3.85. The maximum Gasteiger partial charge on any atom is 0.307 e. The molecule has 30 heavy (non-hydrogen) atoms. The largest absolute Gasteiger partial charge is 0.504 e. The number of phenolic OH excluding ortho intramolecular Hbond substituents is 1. The van der Waals surface area contributed by atoms with Crippen molar-refractivity contribution in [3.8, 4) is 11.5 Å². The number of aryl methyl sites for hydroxylation is 2. The van der Waals surface area contributed by atoms with Gasteiger partial charge < -0.3 is 14.9 Å². The number of ether oxygens (including phenoxy) is 1. The van der Waals surface area contributed by atoms with Crippen LogP contribution in [0.1, 0.15) is 50.6 Å². The fourth-order valence-corrected chi connectivity index (χ4v) is 2.35. The first kappa shape index (κ1) is 26.9. The summed E-state index contributed by atoms with van der Waals surface area (Å²) in [6.45, 7) is 9.80. The van der Waals surface area contributed by atoms with Crippen LogP contribution in [0, 0.1) is 0 Å². The van der Waals surface area contributed by atoms with Crippen molar-refractivity contribution < 1.29 is 19.7 Å². The number of carbonyl (C=O) groups is 1. The minimum atomic E-state index is -0.769. The van der Waals surface area contributed by atoms with E-state index in [1.165, 1.54) is 7.11 Å². The molecule has 0 bridgehead atoms. The van der Waals surface area contributed by atoms with Gasteiger partial charge in [-0.05, 0) is 43.4 Å². The molecule has 0 amide bonds. The summed E-state index contributed by atoms with van der Waals surface area (Å²) in [6, 6.07) is 5.27. The van der Waals surface area contributed by atoms with Crippen molar-refractivity contribution in [2.24, 2.45) is 0 Å².